The smallest absolute Gasteiger partial charge is 0.254 e. The number of methoxy groups -OCH3 is 1. The van der Waals surface area contributed by atoms with Gasteiger partial charge < -0.3 is 20.1 Å². The SMILES string of the molecule is COc1cc(C(=O)N(C)C(C)CN)ccc1OCc1ccc(Cl)cc1. The molecule has 5 nitrogen and oxygen atoms in total. The van der Waals surface area contributed by atoms with Crippen LogP contribution in [0, 0.1) is 0 Å². The molecule has 0 aromatic heterocycles. The highest BCUT2D eigenvalue weighted by molar-refractivity contribution is 6.30. The van der Waals surface area contributed by atoms with Gasteiger partial charge in [-0.2, -0.15) is 0 Å². The van der Waals surface area contributed by atoms with Crippen molar-refractivity contribution in [2.75, 3.05) is 20.7 Å². The summed E-state index contributed by atoms with van der Waals surface area (Å²) in [5.74, 6) is 0.970. The average molecular weight is 363 g/mol. The van der Waals surface area contributed by atoms with Crippen LogP contribution < -0.4 is 15.2 Å². The van der Waals surface area contributed by atoms with Crippen molar-refractivity contribution in [1.29, 1.82) is 0 Å². The van der Waals surface area contributed by atoms with E-state index in [1.54, 1.807) is 37.3 Å². The van der Waals surface area contributed by atoms with Crippen molar-refractivity contribution in [2.24, 2.45) is 5.73 Å². The van der Waals surface area contributed by atoms with Crippen molar-refractivity contribution in [3.8, 4) is 11.5 Å². The first-order valence-electron chi connectivity index (χ1n) is 7.98. The fourth-order valence-electron chi connectivity index (χ4n) is 2.22. The molecule has 0 fully saturated rings. The van der Waals surface area contributed by atoms with E-state index in [0.717, 1.165) is 5.56 Å². The second kappa shape index (κ2) is 8.74. The Hall–Kier alpha value is -2.24. The minimum absolute atomic E-state index is 0.0423. The van der Waals surface area contributed by atoms with Crippen LogP contribution in [0.15, 0.2) is 42.5 Å². The van der Waals surface area contributed by atoms with Gasteiger partial charge in [0.15, 0.2) is 11.5 Å². The van der Waals surface area contributed by atoms with E-state index in [9.17, 15) is 4.79 Å². The second-order valence-electron chi connectivity index (χ2n) is 5.78. The molecule has 0 saturated heterocycles. The van der Waals surface area contributed by atoms with Crippen LogP contribution in [0.25, 0.3) is 0 Å². The third-order valence-corrected chi connectivity index (χ3v) is 4.29. The molecule has 0 bridgehead atoms. The summed E-state index contributed by atoms with van der Waals surface area (Å²) < 4.78 is 11.2. The topological polar surface area (TPSA) is 64.8 Å². The summed E-state index contributed by atoms with van der Waals surface area (Å²) >= 11 is 5.88. The van der Waals surface area contributed by atoms with Crippen molar-refractivity contribution in [1.82, 2.24) is 4.90 Å². The van der Waals surface area contributed by atoms with Crippen LogP contribution in [0.2, 0.25) is 5.02 Å². The summed E-state index contributed by atoms with van der Waals surface area (Å²) in [7, 11) is 3.28. The Morgan fingerprint density at radius 3 is 2.48 bits per heavy atom. The fourth-order valence-corrected chi connectivity index (χ4v) is 2.35. The molecule has 2 aromatic rings. The highest BCUT2D eigenvalue weighted by Gasteiger charge is 2.18. The molecule has 0 heterocycles. The molecule has 0 spiro atoms. The number of carbonyl (C=O) groups excluding carboxylic acids is 1. The molecule has 0 aliphatic carbocycles. The molecule has 2 N–H and O–H groups in total. The fraction of sp³-hybridized carbons (Fsp3) is 0.316. The van der Waals surface area contributed by atoms with Gasteiger partial charge in [-0.15, -0.1) is 0 Å². The predicted molar refractivity (Wildman–Crippen MR) is 99.4 cm³/mol. The molecule has 0 saturated carbocycles. The van der Waals surface area contributed by atoms with Gasteiger partial charge in [0.25, 0.3) is 5.91 Å². The molecule has 1 atom stereocenters. The van der Waals surface area contributed by atoms with Crippen LogP contribution in [0.3, 0.4) is 0 Å². The van der Waals surface area contributed by atoms with E-state index in [-0.39, 0.29) is 11.9 Å². The lowest BCUT2D eigenvalue weighted by atomic mass is 10.1. The number of benzene rings is 2. The zero-order chi connectivity index (χ0) is 18.4. The van der Waals surface area contributed by atoms with Gasteiger partial charge in [0.05, 0.1) is 7.11 Å². The maximum Gasteiger partial charge on any atom is 0.254 e. The number of hydrogen-bond acceptors (Lipinski definition) is 4. The maximum absolute atomic E-state index is 12.5. The van der Waals surface area contributed by atoms with E-state index in [4.69, 9.17) is 26.8 Å². The van der Waals surface area contributed by atoms with E-state index in [1.807, 2.05) is 31.2 Å². The van der Waals surface area contributed by atoms with Crippen molar-refractivity contribution in [3.05, 3.63) is 58.6 Å². The molecule has 2 aromatic carbocycles. The third kappa shape index (κ3) is 4.87. The minimum Gasteiger partial charge on any atom is -0.493 e. The van der Waals surface area contributed by atoms with Gasteiger partial charge in [-0.1, -0.05) is 23.7 Å². The van der Waals surface area contributed by atoms with Crippen molar-refractivity contribution in [2.45, 2.75) is 19.6 Å². The van der Waals surface area contributed by atoms with E-state index < -0.39 is 0 Å². The van der Waals surface area contributed by atoms with E-state index in [0.29, 0.717) is 35.2 Å². The lowest BCUT2D eigenvalue weighted by molar-refractivity contribution is 0.0748. The number of halogens is 1. The quantitative estimate of drug-likeness (QED) is 0.820. The summed E-state index contributed by atoms with van der Waals surface area (Å²) in [5, 5.41) is 0.681. The number of hydrogen-bond donors (Lipinski definition) is 1. The molecule has 25 heavy (non-hydrogen) atoms. The highest BCUT2D eigenvalue weighted by Crippen LogP contribution is 2.29. The van der Waals surface area contributed by atoms with Gasteiger partial charge in [-0.25, -0.2) is 0 Å². The second-order valence-corrected chi connectivity index (χ2v) is 6.22. The van der Waals surface area contributed by atoms with Crippen LogP contribution in [-0.4, -0.2) is 37.6 Å². The summed E-state index contributed by atoms with van der Waals surface area (Å²) in [6, 6.07) is 12.5. The Labute approximate surface area is 153 Å². The number of nitrogens with zero attached hydrogens (tertiary/aromatic N) is 1. The van der Waals surface area contributed by atoms with Crippen LogP contribution in [0.5, 0.6) is 11.5 Å². The van der Waals surface area contributed by atoms with Crippen molar-refractivity contribution >= 4 is 17.5 Å². The monoisotopic (exact) mass is 362 g/mol. The van der Waals surface area contributed by atoms with E-state index >= 15 is 0 Å². The van der Waals surface area contributed by atoms with Gasteiger partial charge in [-0.3, -0.25) is 4.79 Å². The summed E-state index contributed by atoms with van der Waals surface area (Å²) in [5.41, 5.74) is 7.14. The van der Waals surface area contributed by atoms with Gasteiger partial charge in [-0.05, 0) is 42.8 Å². The van der Waals surface area contributed by atoms with Gasteiger partial charge in [0, 0.05) is 30.2 Å². The Kier molecular flexibility index (Phi) is 6.67. The van der Waals surface area contributed by atoms with Crippen LogP contribution >= 0.6 is 11.6 Å². The molecule has 1 unspecified atom stereocenters. The molecule has 6 heteroatoms. The Morgan fingerprint density at radius 1 is 1.20 bits per heavy atom. The number of ether oxygens (including phenoxy) is 2. The zero-order valence-electron chi connectivity index (χ0n) is 14.7. The molecule has 0 radical (unpaired) electrons. The van der Waals surface area contributed by atoms with Gasteiger partial charge in [0.2, 0.25) is 0 Å². The van der Waals surface area contributed by atoms with Gasteiger partial charge >= 0.3 is 0 Å². The number of nitrogens with two attached hydrogens (primary N) is 1. The Balaban J connectivity index is 2.13. The average Bonchev–Trinajstić information content (AvgIpc) is 2.65. The van der Waals surface area contributed by atoms with Crippen LogP contribution in [0.4, 0.5) is 0 Å². The number of carbonyl (C=O) groups is 1. The first-order chi connectivity index (χ1) is 12.0. The summed E-state index contributed by atoms with van der Waals surface area (Å²) in [6.07, 6.45) is 0. The highest BCUT2D eigenvalue weighted by atomic mass is 35.5. The lowest BCUT2D eigenvalue weighted by Gasteiger charge is -2.24. The number of amides is 1. The van der Waals surface area contributed by atoms with Crippen LogP contribution in [-0.2, 0) is 6.61 Å². The molecular weight excluding hydrogens is 340 g/mol. The molecule has 2 rings (SSSR count). The zero-order valence-corrected chi connectivity index (χ0v) is 15.4. The summed E-state index contributed by atoms with van der Waals surface area (Å²) in [4.78, 5) is 14.1. The first kappa shape index (κ1) is 19.1. The normalized spacial score (nSPS) is 11.7. The van der Waals surface area contributed by atoms with Crippen LogP contribution in [0.1, 0.15) is 22.8 Å². The van der Waals surface area contributed by atoms with E-state index in [2.05, 4.69) is 0 Å². The molecule has 0 aliphatic heterocycles. The predicted octanol–water partition coefficient (Wildman–Crippen LogP) is 3.35. The third-order valence-electron chi connectivity index (χ3n) is 4.04. The molecule has 1 amide bonds. The molecule has 0 aliphatic rings. The number of likely N-dealkylation sites (N-methyl/N-ethyl adjacent to an activating group) is 1. The maximum atomic E-state index is 12.5. The largest absolute Gasteiger partial charge is 0.493 e. The molecular formula is C19H23ClN2O3. The lowest BCUT2D eigenvalue weighted by Crippen LogP contribution is -2.39. The Morgan fingerprint density at radius 2 is 1.88 bits per heavy atom. The number of rotatable bonds is 7. The van der Waals surface area contributed by atoms with Crippen molar-refractivity contribution < 1.29 is 14.3 Å². The van der Waals surface area contributed by atoms with Gasteiger partial charge in [0.1, 0.15) is 6.61 Å². The summed E-state index contributed by atoms with van der Waals surface area (Å²) in [6.45, 7) is 2.69. The van der Waals surface area contributed by atoms with Crippen molar-refractivity contribution in [3.63, 3.8) is 0 Å². The molecule has 134 valence electrons. The standard InChI is InChI=1S/C19H23ClN2O3/c1-13(11-21)22(2)19(23)15-6-9-17(18(10-15)24-3)25-12-14-4-7-16(20)8-5-14/h4-10,13H,11-12,21H2,1-3H3. The Bertz CT molecular complexity index is 719. The minimum atomic E-state index is -0.111. The van der Waals surface area contributed by atoms with E-state index in [1.165, 1.54) is 0 Å². The first-order valence-corrected chi connectivity index (χ1v) is 8.36.